The van der Waals surface area contributed by atoms with Gasteiger partial charge in [-0.1, -0.05) is 48.0 Å². The lowest BCUT2D eigenvalue weighted by molar-refractivity contribution is 0.280. The van der Waals surface area contributed by atoms with Gasteiger partial charge < -0.3 is 15.7 Å². The molecule has 0 spiro atoms. The third-order valence-corrected chi connectivity index (χ3v) is 3.87. The van der Waals surface area contributed by atoms with E-state index in [0.717, 1.165) is 41.6 Å². The summed E-state index contributed by atoms with van der Waals surface area (Å²) in [4.78, 5) is 4.60. The van der Waals surface area contributed by atoms with E-state index in [-0.39, 0.29) is 6.61 Å². The zero-order valence-corrected chi connectivity index (χ0v) is 14.7. The summed E-state index contributed by atoms with van der Waals surface area (Å²) in [6.45, 7) is 4.17. The number of nitrogens with zero attached hydrogens (tertiary/aromatic N) is 1. The van der Waals surface area contributed by atoms with Crippen molar-refractivity contribution in [2.45, 2.75) is 26.5 Å². The molecule has 128 valence electrons. The number of aliphatic hydroxyl groups excluding tert-OH is 1. The Balaban J connectivity index is 1.93. The Kier molecular flexibility index (Phi) is 7.59. The van der Waals surface area contributed by atoms with E-state index in [4.69, 9.17) is 11.6 Å². The molecule has 0 bridgehead atoms. The third-order valence-electron chi connectivity index (χ3n) is 3.64. The summed E-state index contributed by atoms with van der Waals surface area (Å²) in [5.74, 6) is 0.771. The first-order valence-corrected chi connectivity index (χ1v) is 8.55. The maximum Gasteiger partial charge on any atom is 0.191 e. The lowest BCUT2D eigenvalue weighted by Crippen LogP contribution is -2.38. The predicted octanol–water partition coefficient (Wildman–Crippen LogP) is 3.13. The van der Waals surface area contributed by atoms with E-state index in [1.807, 2.05) is 49.4 Å². The fraction of sp³-hybridized carbons (Fsp3) is 0.316. The molecule has 0 atom stereocenters. The minimum Gasteiger partial charge on any atom is -0.392 e. The van der Waals surface area contributed by atoms with Gasteiger partial charge in [0.15, 0.2) is 5.96 Å². The molecule has 0 aliphatic rings. The quantitative estimate of drug-likeness (QED) is 0.534. The molecule has 0 heterocycles. The highest BCUT2D eigenvalue weighted by atomic mass is 35.5. The van der Waals surface area contributed by atoms with Crippen molar-refractivity contribution in [3.8, 4) is 0 Å². The van der Waals surface area contributed by atoms with Crippen LogP contribution in [0, 0.1) is 0 Å². The van der Waals surface area contributed by atoms with E-state index in [1.165, 1.54) is 5.56 Å². The largest absolute Gasteiger partial charge is 0.392 e. The van der Waals surface area contributed by atoms with Crippen molar-refractivity contribution in [3.63, 3.8) is 0 Å². The first kappa shape index (κ1) is 18.3. The first-order valence-electron chi connectivity index (χ1n) is 8.17. The van der Waals surface area contributed by atoms with Gasteiger partial charge in [0, 0.05) is 18.1 Å². The molecule has 2 aromatic carbocycles. The topological polar surface area (TPSA) is 56.7 Å². The first-order chi connectivity index (χ1) is 11.7. The van der Waals surface area contributed by atoms with Crippen LogP contribution in [0.3, 0.4) is 0 Å². The van der Waals surface area contributed by atoms with Crippen LogP contribution in [-0.2, 0) is 19.6 Å². The Hall–Kier alpha value is -2.04. The third kappa shape index (κ3) is 5.87. The van der Waals surface area contributed by atoms with Gasteiger partial charge in [-0.15, -0.1) is 0 Å². The molecule has 5 heteroatoms. The number of hydrogen-bond donors (Lipinski definition) is 3. The van der Waals surface area contributed by atoms with Crippen LogP contribution in [0.25, 0.3) is 0 Å². The number of rotatable bonds is 7. The van der Waals surface area contributed by atoms with Crippen LogP contribution in [0.5, 0.6) is 0 Å². The minimum absolute atomic E-state index is 0.0322. The fourth-order valence-corrected chi connectivity index (χ4v) is 2.60. The van der Waals surface area contributed by atoms with Crippen molar-refractivity contribution in [1.29, 1.82) is 0 Å². The van der Waals surface area contributed by atoms with Crippen LogP contribution in [-0.4, -0.2) is 24.2 Å². The monoisotopic (exact) mass is 345 g/mol. The van der Waals surface area contributed by atoms with Gasteiger partial charge in [-0.2, -0.15) is 0 Å². The predicted molar refractivity (Wildman–Crippen MR) is 100 cm³/mol. The molecule has 0 aliphatic heterocycles. The van der Waals surface area contributed by atoms with Crippen molar-refractivity contribution < 1.29 is 5.11 Å². The van der Waals surface area contributed by atoms with E-state index in [9.17, 15) is 5.11 Å². The summed E-state index contributed by atoms with van der Waals surface area (Å²) in [6, 6.07) is 15.7. The highest BCUT2D eigenvalue weighted by Gasteiger charge is 2.02. The van der Waals surface area contributed by atoms with Gasteiger partial charge in [0.2, 0.25) is 0 Å². The molecule has 0 unspecified atom stereocenters. The highest BCUT2D eigenvalue weighted by Crippen LogP contribution is 2.11. The second-order valence-electron chi connectivity index (χ2n) is 5.43. The second kappa shape index (κ2) is 9.96. The van der Waals surface area contributed by atoms with E-state index in [0.29, 0.717) is 6.54 Å². The molecule has 0 amide bonds. The van der Waals surface area contributed by atoms with E-state index in [2.05, 4.69) is 21.7 Å². The van der Waals surface area contributed by atoms with Gasteiger partial charge in [-0.25, -0.2) is 4.99 Å². The van der Waals surface area contributed by atoms with E-state index < -0.39 is 0 Å². The summed E-state index contributed by atoms with van der Waals surface area (Å²) in [5, 5.41) is 16.7. The molecule has 2 rings (SSSR count). The number of guanidine groups is 1. The van der Waals surface area contributed by atoms with Gasteiger partial charge in [0.05, 0.1) is 13.2 Å². The van der Waals surface area contributed by atoms with Gasteiger partial charge in [0.25, 0.3) is 0 Å². The van der Waals surface area contributed by atoms with E-state index in [1.54, 1.807) is 0 Å². The van der Waals surface area contributed by atoms with Gasteiger partial charge >= 0.3 is 0 Å². The maximum absolute atomic E-state index is 9.39. The van der Waals surface area contributed by atoms with Crippen LogP contribution in [0.1, 0.15) is 23.6 Å². The number of benzene rings is 2. The molecular formula is C19H24ClN3O. The Morgan fingerprint density at radius 1 is 1.08 bits per heavy atom. The summed E-state index contributed by atoms with van der Waals surface area (Å²) < 4.78 is 0. The van der Waals surface area contributed by atoms with Crippen LogP contribution >= 0.6 is 11.6 Å². The zero-order chi connectivity index (χ0) is 17.2. The zero-order valence-electron chi connectivity index (χ0n) is 13.9. The number of aliphatic hydroxyl groups is 1. The molecular weight excluding hydrogens is 322 g/mol. The van der Waals surface area contributed by atoms with Gasteiger partial charge in [0.1, 0.15) is 0 Å². The molecule has 0 saturated carbocycles. The van der Waals surface area contributed by atoms with Crippen molar-refractivity contribution in [3.05, 3.63) is 70.2 Å². The molecule has 0 aliphatic carbocycles. The molecule has 4 nitrogen and oxygen atoms in total. The Bertz CT molecular complexity index is 673. The van der Waals surface area contributed by atoms with Gasteiger partial charge in [-0.3, -0.25) is 0 Å². The van der Waals surface area contributed by atoms with Crippen LogP contribution in [0.4, 0.5) is 0 Å². The Labute approximate surface area is 148 Å². The minimum atomic E-state index is 0.0322. The normalized spacial score (nSPS) is 11.4. The van der Waals surface area contributed by atoms with Crippen LogP contribution in [0.15, 0.2) is 53.5 Å². The van der Waals surface area contributed by atoms with Crippen molar-refractivity contribution in [2.24, 2.45) is 4.99 Å². The average molecular weight is 346 g/mol. The molecule has 3 N–H and O–H groups in total. The Morgan fingerprint density at radius 3 is 2.58 bits per heavy atom. The standard InChI is InChI=1S/C19H24ClN3O/c1-2-21-19(22-11-10-15-6-5-9-18(20)12-15)23-13-16-7-3-4-8-17(16)14-24/h3-9,12,24H,2,10-11,13-14H2,1H3,(H2,21,22,23). The molecule has 0 radical (unpaired) electrons. The van der Waals surface area contributed by atoms with Crippen LogP contribution in [0.2, 0.25) is 5.02 Å². The number of aliphatic imine (C=N–C) groups is 1. The molecule has 2 aromatic rings. The highest BCUT2D eigenvalue weighted by molar-refractivity contribution is 6.30. The second-order valence-corrected chi connectivity index (χ2v) is 5.87. The Morgan fingerprint density at radius 2 is 1.88 bits per heavy atom. The van der Waals surface area contributed by atoms with Crippen LogP contribution < -0.4 is 10.6 Å². The molecule has 0 aromatic heterocycles. The smallest absolute Gasteiger partial charge is 0.191 e. The average Bonchev–Trinajstić information content (AvgIpc) is 2.60. The maximum atomic E-state index is 9.39. The summed E-state index contributed by atoms with van der Waals surface area (Å²) >= 11 is 6.01. The molecule has 24 heavy (non-hydrogen) atoms. The summed E-state index contributed by atoms with van der Waals surface area (Å²) in [6.07, 6.45) is 0.873. The summed E-state index contributed by atoms with van der Waals surface area (Å²) in [5.41, 5.74) is 3.14. The fourth-order valence-electron chi connectivity index (χ4n) is 2.39. The lowest BCUT2D eigenvalue weighted by Gasteiger charge is -2.12. The SMILES string of the molecule is CCNC(=NCc1ccccc1CO)NCCc1cccc(Cl)c1. The van der Waals surface area contributed by atoms with Crippen molar-refractivity contribution >= 4 is 17.6 Å². The van der Waals surface area contributed by atoms with Gasteiger partial charge in [-0.05, 0) is 42.2 Å². The van der Waals surface area contributed by atoms with Crippen molar-refractivity contribution in [1.82, 2.24) is 10.6 Å². The lowest BCUT2D eigenvalue weighted by atomic mass is 10.1. The molecule has 0 fully saturated rings. The van der Waals surface area contributed by atoms with Crippen molar-refractivity contribution in [2.75, 3.05) is 13.1 Å². The number of hydrogen-bond acceptors (Lipinski definition) is 2. The molecule has 0 saturated heterocycles. The van der Waals surface area contributed by atoms with E-state index >= 15 is 0 Å². The number of nitrogens with one attached hydrogen (secondary N) is 2. The summed E-state index contributed by atoms with van der Waals surface area (Å²) in [7, 11) is 0. The number of halogens is 1.